The summed E-state index contributed by atoms with van der Waals surface area (Å²) in [5.74, 6) is -6.39. The van der Waals surface area contributed by atoms with Gasteiger partial charge in [-0.15, -0.1) is 23.2 Å². The number of imide groups is 2. The van der Waals surface area contributed by atoms with Crippen molar-refractivity contribution in [3.63, 3.8) is 0 Å². The van der Waals surface area contributed by atoms with Gasteiger partial charge in [0, 0.05) is 25.9 Å². The molecular weight excluding hydrogens is 666 g/mol. The third-order valence-electron chi connectivity index (χ3n) is 8.48. The molecule has 3 fully saturated rings. The monoisotopic (exact) mass is 690 g/mol. The molecule has 0 spiro atoms. The average molecular weight is 691 g/mol. The number of aliphatic carboxylic acids is 1. The van der Waals surface area contributed by atoms with E-state index in [9.17, 15) is 29.1 Å². The van der Waals surface area contributed by atoms with Crippen molar-refractivity contribution in [3.8, 4) is 11.5 Å². The molecule has 2 heterocycles. The molecule has 1 aromatic rings. The molecule has 208 valence electrons. The number of phenols is 1. The zero-order valence-corrected chi connectivity index (χ0v) is 24.6. The fraction of sp³-hybridized carbons (Fsp3) is 0.500. The number of carboxylic acid groups (broad SMARTS) is 1. The fourth-order valence-electron chi connectivity index (χ4n) is 6.71. The molecule has 5 rings (SSSR count). The van der Waals surface area contributed by atoms with E-state index in [1.165, 1.54) is 20.2 Å². The van der Waals surface area contributed by atoms with Gasteiger partial charge in [-0.3, -0.25) is 33.8 Å². The Morgan fingerprint density at radius 3 is 2.49 bits per heavy atom. The summed E-state index contributed by atoms with van der Waals surface area (Å²) in [5.41, 5.74) is 1.09. The van der Waals surface area contributed by atoms with Crippen LogP contribution < -0.4 is 4.74 Å². The Morgan fingerprint density at radius 2 is 1.85 bits per heavy atom. The Labute approximate surface area is 247 Å². The van der Waals surface area contributed by atoms with Gasteiger partial charge >= 0.3 is 5.97 Å². The van der Waals surface area contributed by atoms with Gasteiger partial charge in [-0.05, 0) is 65.5 Å². The van der Waals surface area contributed by atoms with Crippen LogP contribution in [-0.4, -0.2) is 80.1 Å². The van der Waals surface area contributed by atoms with Gasteiger partial charge < -0.3 is 14.9 Å². The van der Waals surface area contributed by atoms with Crippen LogP contribution in [0.15, 0.2) is 23.8 Å². The van der Waals surface area contributed by atoms with E-state index in [2.05, 4.69) is 0 Å². The van der Waals surface area contributed by atoms with Crippen molar-refractivity contribution in [1.82, 2.24) is 9.80 Å². The molecule has 1 saturated carbocycles. The zero-order valence-electron chi connectivity index (χ0n) is 20.9. The van der Waals surface area contributed by atoms with E-state index in [1.54, 1.807) is 6.07 Å². The number of ether oxygens (including phenoxy) is 1. The van der Waals surface area contributed by atoms with Crippen LogP contribution in [0.4, 0.5) is 0 Å². The maximum absolute atomic E-state index is 13.6. The number of allylic oxidation sites excluding steroid dienone is 2. The van der Waals surface area contributed by atoms with Crippen LogP contribution in [0.3, 0.4) is 0 Å². The summed E-state index contributed by atoms with van der Waals surface area (Å²) in [6.45, 7) is -0.0264. The summed E-state index contributed by atoms with van der Waals surface area (Å²) in [7, 11) is 2.69. The van der Waals surface area contributed by atoms with Crippen molar-refractivity contribution in [3.05, 3.63) is 32.9 Å². The largest absolute Gasteiger partial charge is 0.504 e. The topological polar surface area (TPSA) is 142 Å². The minimum absolute atomic E-state index is 0.0264. The SMILES string of the molecule is COc1cc(C2C3=CCC4C(=O)N(CCCC(=O)O)C(=O)C4C3CC3(Cl)C(=O)N(C)C(=O)C23Cl)cc(I)c1O. The lowest BCUT2D eigenvalue weighted by Gasteiger charge is -2.50. The van der Waals surface area contributed by atoms with Crippen molar-refractivity contribution >= 4 is 75.4 Å². The highest BCUT2D eigenvalue weighted by Gasteiger charge is 2.75. The van der Waals surface area contributed by atoms with E-state index in [1.807, 2.05) is 28.7 Å². The Bertz CT molecular complexity index is 1370. The predicted octanol–water partition coefficient (Wildman–Crippen LogP) is 2.86. The number of amides is 4. The number of hydrogen-bond acceptors (Lipinski definition) is 7. The molecule has 6 atom stereocenters. The smallest absolute Gasteiger partial charge is 0.303 e. The van der Waals surface area contributed by atoms with E-state index in [-0.39, 0.29) is 49.6 Å². The van der Waals surface area contributed by atoms with Crippen molar-refractivity contribution < 1.29 is 38.9 Å². The highest BCUT2D eigenvalue weighted by atomic mass is 127. The van der Waals surface area contributed by atoms with Crippen molar-refractivity contribution in [2.45, 2.75) is 41.3 Å². The van der Waals surface area contributed by atoms with Gasteiger partial charge in [0.2, 0.25) is 11.8 Å². The number of alkyl halides is 2. The number of methoxy groups -OCH3 is 1. The van der Waals surface area contributed by atoms with Crippen molar-refractivity contribution in [2.24, 2.45) is 17.8 Å². The molecule has 1 aromatic carbocycles. The Hall–Kier alpha value is -2.38. The number of carbonyl (C=O) groups is 5. The van der Waals surface area contributed by atoms with Crippen LogP contribution in [0.1, 0.15) is 37.2 Å². The molecule has 4 amide bonds. The van der Waals surface area contributed by atoms with Gasteiger partial charge in [0.05, 0.1) is 22.5 Å². The fourth-order valence-corrected chi connectivity index (χ4v) is 8.35. The van der Waals surface area contributed by atoms with E-state index in [4.69, 9.17) is 33.0 Å². The lowest BCUT2D eigenvalue weighted by molar-refractivity contribution is -0.142. The highest BCUT2D eigenvalue weighted by Crippen LogP contribution is 2.65. The number of likely N-dealkylation sites (tertiary alicyclic amines) is 2. The number of carbonyl (C=O) groups excluding carboxylic acids is 4. The maximum Gasteiger partial charge on any atom is 0.303 e. The molecule has 0 bridgehead atoms. The molecular formula is C26H25Cl2IN2O8. The first kappa shape index (κ1) is 28.2. The van der Waals surface area contributed by atoms with Gasteiger partial charge in [0.15, 0.2) is 21.2 Å². The quantitative estimate of drug-likeness (QED) is 0.201. The molecule has 0 aromatic heterocycles. The Balaban J connectivity index is 1.65. The molecule has 13 heteroatoms. The van der Waals surface area contributed by atoms with Crippen molar-refractivity contribution in [2.75, 3.05) is 20.7 Å². The lowest BCUT2D eigenvalue weighted by Crippen LogP contribution is -2.60. The number of phenolic OH excluding ortho intramolecular Hbond substituents is 1. The normalized spacial score (nSPS) is 33.6. The number of halogens is 3. The Morgan fingerprint density at radius 1 is 1.15 bits per heavy atom. The standard InChI is InChI=1S/C26H25Cl2IN2O8/c1-30-23(37)25(27)10-14-12(5-6-13-18(14)22(36)31(21(13)35)7-3-4-17(32)33)19(26(25,28)24(30)38)11-8-15(29)20(34)16(9-11)39-2/h5,8-9,13-14,18-19,34H,3-4,6-7,10H2,1-2H3,(H,32,33). The number of hydrogen-bond donors (Lipinski definition) is 2. The van der Waals surface area contributed by atoms with E-state index in [0.29, 0.717) is 14.7 Å². The van der Waals surface area contributed by atoms with Crippen LogP contribution in [-0.2, 0) is 24.0 Å². The van der Waals surface area contributed by atoms with Gasteiger partial charge in [0.25, 0.3) is 11.8 Å². The van der Waals surface area contributed by atoms with Gasteiger partial charge in [-0.25, -0.2) is 0 Å². The third-order valence-corrected chi connectivity index (χ3v) is 10.7. The number of rotatable bonds is 6. The number of fused-ring (bicyclic) bond motifs is 4. The number of nitrogens with zero attached hydrogens (tertiary/aromatic N) is 2. The van der Waals surface area contributed by atoms with E-state index >= 15 is 0 Å². The average Bonchev–Trinajstić information content (AvgIpc) is 3.20. The Kier molecular flexibility index (Phi) is 6.95. The van der Waals surface area contributed by atoms with E-state index in [0.717, 1.165) is 9.80 Å². The molecule has 2 aliphatic carbocycles. The zero-order chi connectivity index (χ0) is 28.6. The van der Waals surface area contributed by atoms with E-state index < -0.39 is 57.1 Å². The first-order valence-electron chi connectivity index (χ1n) is 12.3. The summed E-state index contributed by atoms with van der Waals surface area (Å²) in [6, 6.07) is 3.17. The minimum atomic E-state index is -1.94. The second-order valence-electron chi connectivity index (χ2n) is 10.4. The molecule has 2 saturated heterocycles. The molecule has 39 heavy (non-hydrogen) atoms. The minimum Gasteiger partial charge on any atom is -0.504 e. The third kappa shape index (κ3) is 3.82. The molecule has 10 nitrogen and oxygen atoms in total. The van der Waals surface area contributed by atoms with Crippen LogP contribution >= 0.6 is 45.8 Å². The summed E-state index contributed by atoms with van der Waals surface area (Å²) in [6.07, 6.45) is 1.81. The van der Waals surface area contributed by atoms with Crippen LogP contribution in [0.25, 0.3) is 0 Å². The summed E-state index contributed by atoms with van der Waals surface area (Å²) >= 11 is 16.2. The maximum atomic E-state index is 13.6. The first-order chi connectivity index (χ1) is 18.3. The van der Waals surface area contributed by atoms with Gasteiger partial charge in [-0.1, -0.05) is 11.6 Å². The molecule has 6 unspecified atom stereocenters. The second kappa shape index (κ2) is 9.62. The summed E-state index contributed by atoms with van der Waals surface area (Å²) in [4.78, 5) is 63.1. The summed E-state index contributed by atoms with van der Waals surface area (Å²) in [5, 5.41) is 19.4. The van der Waals surface area contributed by atoms with Crippen molar-refractivity contribution in [1.29, 1.82) is 0 Å². The number of aromatic hydroxyl groups is 1. The highest BCUT2D eigenvalue weighted by molar-refractivity contribution is 14.1. The summed E-state index contributed by atoms with van der Waals surface area (Å²) < 4.78 is 5.76. The van der Waals surface area contributed by atoms with Crippen LogP contribution in [0.2, 0.25) is 0 Å². The molecule has 0 radical (unpaired) electrons. The first-order valence-corrected chi connectivity index (χ1v) is 14.2. The van der Waals surface area contributed by atoms with Gasteiger partial charge in [0.1, 0.15) is 0 Å². The molecule has 4 aliphatic rings. The number of carboxylic acids is 1. The lowest BCUT2D eigenvalue weighted by atomic mass is 9.56. The second-order valence-corrected chi connectivity index (χ2v) is 12.8. The van der Waals surface area contributed by atoms with Crippen LogP contribution in [0.5, 0.6) is 11.5 Å². The predicted molar refractivity (Wildman–Crippen MR) is 146 cm³/mol. The molecule has 2 N–H and O–H groups in total. The molecule has 2 aliphatic heterocycles. The van der Waals surface area contributed by atoms with Crippen LogP contribution in [0, 0.1) is 21.3 Å². The van der Waals surface area contributed by atoms with Gasteiger partial charge in [-0.2, -0.15) is 0 Å². The number of benzene rings is 1.